The van der Waals surface area contributed by atoms with E-state index in [4.69, 9.17) is 33.2 Å². The van der Waals surface area contributed by atoms with Gasteiger partial charge in [-0.25, -0.2) is 24.0 Å². The Morgan fingerprint density at radius 3 is 0.930 bits per heavy atom. The molecule has 4 rings (SSSR count). The second-order valence-electron chi connectivity index (χ2n) is 12.5. The maximum atomic E-state index is 12.8. The molecular weight excluding hydrogens is 732 g/mol. The Morgan fingerprint density at radius 2 is 0.632 bits per heavy atom. The van der Waals surface area contributed by atoms with Crippen molar-refractivity contribution in [3.63, 3.8) is 0 Å². The number of esters is 5. The zero-order chi connectivity index (χ0) is 40.7. The molecule has 0 heterocycles. The van der Waals surface area contributed by atoms with E-state index >= 15 is 0 Å². The van der Waals surface area contributed by atoms with Gasteiger partial charge in [0, 0.05) is 12.2 Å². The molecule has 0 bridgehead atoms. The maximum Gasteiger partial charge on any atom is 0.343 e. The van der Waals surface area contributed by atoms with Gasteiger partial charge >= 0.3 is 29.8 Å². The monoisotopic (exact) mass is 778 g/mol. The van der Waals surface area contributed by atoms with Gasteiger partial charge in [-0.05, 0) is 148 Å². The van der Waals surface area contributed by atoms with E-state index in [1.165, 1.54) is 48.5 Å². The summed E-state index contributed by atoms with van der Waals surface area (Å²) in [6.07, 6.45) is 9.21. The number of hydrogen-bond donors (Lipinski definition) is 0. The molecular formula is C45H46O12. The molecule has 298 valence electrons. The molecule has 0 aliphatic carbocycles. The predicted molar refractivity (Wildman–Crippen MR) is 211 cm³/mol. The van der Waals surface area contributed by atoms with Crippen LogP contribution in [0.2, 0.25) is 0 Å². The van der Waals surface area contributed by atoms with Crippen LogP contribution in [0.15, 0.2) is 122 Å². The third kappa shape index (κ3) is 15.9. The molecule has 0 fully saturated rings. The lowest BCUT2D eigenvalue weighted by Gasteiger charge is -2.09. The molecule has 0 saturated heterocycles. The fourth-order valence-corrected chi connectivity index (χ4v) is 5.07. The molecule has 0 N–H and O–H groups in total. The summed E-state index contributed by atoms with van der Waals surface area (Å²) in [4.78, 5) is 60.2. The van der Waals surface area contributed by atoms with Crippen LogP contribution in [-0.4, -0.2) is 56.3 Å². The third-order valence-electron chi connectivity index (χ3n) is 8.16. The Bertz CT molecular complexity index is 1920. The molecule has 0 unspecified atom stereocenters. The molecule has 0 radical (unpaired) electrons. The summed E-state index contributed by atoms with van der Waals surface area (Å²) in [5.74, 6) is -0.575. The highest BCUT2D eigenvalue weighted by atomic mass is 16.6. The summed E-state index contributed by atoms with van der Waals surface area (Å²) in [7, 11) is 0. The molecule has 12 heteroatoms. The van der Waals surface area contributed by atoms with Crippen molar-refractivity contribution in [3.8, 4) is 28.7 Å². The summed E-state index contributed by atoms with van der Waals surface area (Å²) in [5, 5.41) is 0. The Kier molecular flexibility index (Phi) is 18.1. The van der Waals surface area contributed by atoms with Crippen molar-refractivity contribution in [2.75, 3.05) is 26.4 Å². The summed E-state index contributed by atoms with van der Waals surface area (Å²) in [6, 6.07) is 25.2. The summed E-state index contributed by atoms with van der Waals surface area (Å²) < 4.78 is 37.7. The SMILES string of the molecule is C=CC(=O)OCCCCCCOc1ccc(C(=O)Oc2ccc(OC(=O)c3ccc(OC(=O)c4ccc(OCCCCCCOC(=O)C=C)cc4)cc3)cc2)cc1. The zero-order valence-corrected chi connectivity index (χ0v) is 31.7. The Balaban J connectivity index is 1.12. The fourth-order valence-electron chi connectivity index (χ4n) is 5.07. The van der Waals surface area contributed by atoms with Crippen LogP contribution in [0.4, 0.5) is 0 Å². The number of carbonyl (C=O) groups is 5. The smallest absolute Gasteiger partial charge is 0.343 e. The van der Waals surface area contributed by atoms with Crippen LogP contribution in [0.3, 0.4) is 0 Å². The maximum absolute atomic E-state index is 12.8. The number of benzene rings is 4. The first-order chi connectivity index (χ1) is 27.7. The summed E-state index contributed by atoms with van der Waals surface area (Å²) in [6.45, 7) is 8.50. The van der Waals surface area contributed by atoms with Crippen LogP contribution in [0.25, 0.3) is 0 Å². The zero-order valence-electron chi connectivity index (χ0n) is 31.7. The standard InChI is InChI=1S/C45H46O12/c1-3-41(46)53-31-11-7-5-9-29-51-36-19-13-33(14-20-36)43(48)55-38-23-17-35(18-24-38)45(50)57-40-27-25-39(26-28-40)56-44(49)34-15-21-37(22-16-34)52-30-10-6-8-12-32-54-42(47)4-2/h3-4,13-28H,1-2,5-12,29-32H2. The van der Waals surface area contributed by atoms with E-state index < -0.39 is 29.8 Å². The molecule has 0 atom stereocenters. The molecule has 0 spiro atoms. The van der Waals surface area contributed by atoms with Gasteiger partial charge in [-0.15, -0.1) is 0 Å². The van der Waals surface area contributed by atoms with Gasteiger partial charge in [0.15, 0.2) is 0 Å². The lowest BCUT2D eigenvalue weighted by atomic mass is 10.2. The molecule has 0 aliphatic rings. The van der Waals surface area contributed by atoms with E-state index in [0.717, 1.165) is 63.5 Å². The minimum Gasteiger partial charge on any atom is -0.494 e. The first-order valence-electron chi connectivity index (χ1n) is 18.6. The average molecular weight is 779 g/mol. The van der Waals surface area contributed by atoms with Crippen molar-refractivity contribution < 1.29 is 57.1 Å². The molecule has 0 aromatic heterocycles. The number of unbranched alkanes of at least 4 members (excludes halogenated alkanes) is 6. The van der Waals surface area contributed by atoms with E-state index in [9.17, 15) is 24.0 Å². The number of hydrogen-bond acceptors (Lipinski definition) is 12. The molecule has 0 aliphatic heterocycles. The van der Waals surface area contributed by atoms with Crippen molar-refractivity contribution in [3.05, 3.63) is 139 Å². The van der Waals surface area contributed by atoms with Gasteiger partial charge < -0.3 is 33.2 Å². The largest absolute Gasteiger partial charge is 0.494 e. The van der Waals surface area contributed by atoms with Gasteiger partial charge in [-0.3, -0.25) is 0 Å². The lowest BCUT2D eigenvalue weighted by molar-refractivity contribution is -0.138. The van der Waals surface area contributed by atoms with Crippen molar-refractivity contribution >= 4 is 29.8 Å². The molecule has 0 saturated carbocycles. The minimum absolute atomic E-state index is 0.235. The third-order valence-corrected chi connectivity index (χ3v) is 8.16. The van der Waals surface area contributed by atoms with E-state index in [0.29, 0.717) is 49.1 Å². The fraction of sp³-hybridized carbons (Fsp3) is 0.267. The Morgan fingerprint density at radius 1 is 0.368 bits per heavy atom. The second-order valence-corrected chi connectivity index (χ2v) is 12.5. The highest BCUT2D eigenvalue weighted by Crippen LogP contribution is 2.22. The highest BCUT2D eigenvalue weighted by molar-refractivity contribution is 5.93. The van der Waals surface area contributed by atoms with Gasteiger partial charge in [-0.1, -0.05) is 13.2 Å². The first-order valence-corrected chi connectivity index (χ1v) is 18.6. The van der Waals surface area contributed by atoms with Crippen molar-refractivity contribution in [2.24, 2.45) is 0 Å². The Hall–Kier alpha value is -6.69. The van der Waals surface area contributed by atoms with Gasteiger partial charge in [0.1, 0.15) is 28.7 Å². The van der Waals surface area contributed by atoms with Gasteiger partial charge in [0.05, 0.1) is 43.1 Å². The lowest BCUT2D eigenvalue weighted by Crippen LogP contribution is -2.10. The van der Waals surface area contributed by atoms with E-state index in [2.05, 4.69) is 13.2 Å². The minimum atomic E-state index is -0.629. The quantitative estimate of drug-likeness (QED) is 0.0290. The molecule has 4 aromatic rings. The van der Waals surface area contributed by atoms with Crippen LogP contribution < -0.4 is 23.7 Å². The molecule has 12 nitrogen and oxygen atoms in total. The van der Waals surface area contributed by atoms with Crippen molar-refractivity contribution in [2.45, 2.75) is 51.4 Å². The van der Waals surface area contributed by atoms with E-state index in [1.54, 1.807) is 48.5 Å². The highest BCUT2D eigenvalue weighted by Gasteiger charge is 2.14. The molecule has 57 heavy (non-hydrogen) atoms. The van der Waals surface area contributed by atoms with Crippen molar-refractivity contribution in [1.29, 1.82) is 0 Å². The van der Waals surface area contributed by atoms with Crippen LogP contribution >= 0.6 is 0 Å². The van der Waals surface area contributed by atoms with E-state index in [-0.39, 0.29) is 22.8 Å². The van der Waals surface area contributed by atoms with Gasteiger partial charge in [0.25, 0.3) is 0 Å². The van der Waals surface area contributed by atoms with Crippen LogP contribution in [0.5, 0.6) is 28.7 Å². The second kappa shape index (κ2) is 24.0. The number of rotatable bonds is 24. The van der Waals surface area contributed by atoms with Crippen LogP contribution in [0, 0.1) is 0 Å². The molecule has 0 amide bonds. The van der Waals surface area contributed by atoms with Crippen molar-refractivity contribution in [1.82, 2.24) is 0 Å². The van der Waals surface area contributed by atoms with Gasteiger partial charge in [0.2, 0.25) is 0 Å². The van der Waals surface area contributed by atoms with Crippen LogP contribution in [0.1, 0.15) is 82.4 Å². The summed E-state index contributed by atoms with van der Waals surface area (Å²) in [5.41, 5.74) is 0.907. The normalized spacial score (nSPS) is 10.4. The number of carbonyl (C=O) groups excluding carboxylic acids is 5. The number of ether oxygens (including phenoxy) is 7. The van der Waals surface area contributed by atoms with Crippen LogP contribution in [-0.2, 0) is 19.1 Å². The van der Waals surface area contributed by atoms with Gasteiger partial charge in [-0.2, -0.15) is 0 Å². The Labute approximate surface area is 331 Å². The first kappa shape index (κ1) is 43.0. The van der Waals surface area contributed by atoms with E-state index in [1.807, 2.05) is 0 Å². The molecule has 4 aromatic carbocycles. The average Bonchev–Trinajstić information content (AvgIpc) is 3.23. The predicted octanol–water partition coefficient (Wildman–Crippen LogP) is 8.68. The topological polar surface area (TPSA) is 150 Å². The summed E-state index contributed by atoms with van der Waals surface area (Å²) >= 11 is 0.